The van der Waals surface area contributed by atoms with Crippen LogP contribution >= 0.6 is 11.3 Å². The molecule has 2 nitrogen and oxygen atoms in total. The van der Waals surface area contributed by atoms with Gasteiger partial charge < -0.3 is 5.32 Å². The maximum Gasteiger partial charge on any atom is 0.0944 e. The lowest BCUT2D eigenvalue weighted by Gasteiger charge is -2.34. The minimum absolute atomic E-state index is 0.253. The second-order valence-corrected chi connectivity index (χ2v) is 8.20. The molecule has 0 spiro atoms. The van der Waals surface area contributed by atoms with Crippen molar-refractivity contribution in [1.29, 1.82) is 0 Å². The van der Waals surface area contributed by atoms with Crippen LogP contribution in [-0.4, -0.2) is 18.1 Å². The summed E-state index contributed by atoms with van der Waals surface area (Å²) in [5.41, 5.74) is 1.39. The van der Waals surface area contributed by atoms with Gasteiger partial charge in [0.15, 0.2) is 0 Å². The monoisotopic (exact) mass is 304 g/mol. The molecule has 0 radical (unpaired) electrons. The van der Waals surface area contributed by atoms with Crippen LogP contribution in [0.2, 0.25) is 0 Å². The first-order valence-corrected chi connectivity index (χ1v) is 8.77. The number of aromatic nitrogens is 1. The molecule has 1 heterocycles. The molecule has 0 saturated carbocycles. The second kappa shape index (κ2) is 6.89. The van der Waals surface area contributed by atoms with Gasteiger partial charge in [0, 0.05) is 13.0 Å². The van der Waals surface area contributed by atoms with Gasteiger partial charge in [0.05, 0.1) is 15.2 Å². The zero-order chi connectivity index (χ0) is 15.5. The molecule has 2 rings (SSSR count). The zero-order valence-electron chi connectivity index (χ0n) is 13.9. The Kier molecular flexibility index (Phi) is 5.39. The first-order chi connectivity index (χ1) is 9.90. The quantitative estimate of drug-likeness (QED) is 0.798. The molecular formula is C18H28N2S. The molecule has 1 unspecified atom stereocenters. The third-order valence-electron chi connectivity index (χ3n) is 4.37. The number of hydrogen-bond donors (Lipinski definition) is 1. The molecule has 0 aliphatic heterocycles. The van der Waals surface area contributed by atoms with Crippen LogP contribution in [0.25, 0.3) is 10.2 Å². The molecule has 1 atom stereocenters. The van der Waals surface area contributed by atoms with Crippen LogP contribution in [0.1, 0.15) is 39.6 Å². The number of nitrogens with one attached hydrogen (secondary N) is 1. The van der Waals surface area contributed by atoms with Crippen molar-refractivity contribution >= 4 is 21.6 Å². The first kappa shape index (κ1) is 16.4. The van der Waals surface area contributed by atoms with Gasteiger partial charge >= 0.3 is 0 Å². The second-order valence-electron chi connectivity index (χ2n) is 7.09. The summed E-state index contributed by atoms with van der Waals surface area (Å²) in [6, 6.07) is 8.44. The number of benzene rings is 1. The Balaban J connectivity index is 2.11. The van der Waals surface area contributed by atoms with Crippen molar-refractivity contribution in [2.45, 2.75) is 41.0 Å². The Morgan fingerprint density at radius 3 is 2.52 bits per heavy atom. The molecule has 0 fully saturated rings. The molecule has 116 valence electrons. The summed E-state index contributed by atoms with van der Waals surface area (Å²) in [6.45, 7) is 13.7. The van der Waals surface area contributed by atoms with E-state index >= 15 is 0 Å². The Labute approximate surface area is 133 Å². The predicted octanol–water partition coefficient (Wildman–Crippen LogP) is 4.75. The summed E-state index contributed by atoms with van der Waals surface area (Å²) in [7, 11) is 0. The maximum atomic E-state index is 4.81. The molecular weight excluding hydrogens is 276 g/mol. The highest BCUT2D eigenvalue weighted by Gasteiger charge is 2.29. The molecule has 21 heavy (non-hydrogen) atoms. The highest BCUT2D eigenvalue weighted by atomic mass is 32.1. The number of nitrogens with zero attached hydrogens (tertiary/aromatic N) is 1. The molecule has 0 aliphatic rings. The standard InChI is InChI=1S/C18H28N2S/c1-13(2)11-19-12-18(5,14(3)4)10-17-20-15-8-6-7-9-16(15)21-17/h6-9,13-14,19H,10-12H2,1-5H3. The molecule has 0 amide bonds. The third-order valence-corrected chi connectivity index (χ3v) is 5.40. The van der Waals surface area contributed by atoms with Crippen molar-refractivity contribution in [2.75, 3.05) is 13.1 Å². The van der Waals surface area contributed by atoms with Crippen molar-refractivity contribution in [1.82, 2.24) is 10.3 Å². The predicted molar refractivity (Wildman–Crippen MR) is 94.0 cm³/mol. The van der Waals surface area contributed by atoms with E-state index in [-0.39, 0.29) is 5.41 Å². The Bertz CT molecular complexity index is 540. The van der Waals surface area contributed by atoms with Crippen LogP contribution < -0.4 is 5.32 Å². The van der Waals surface area contributed by atoms with E-state index in [0.29, 0.717) is 11.8 Å². The van der Waals surface area contributed by atoms with Gasteiger partial charge in [0.2, 0.25) is 0 Å². The zero-order valence-corrected chi connectivity index (χ0v) is 14.8. The van der Waals surface area contributed by atoms with Crippen molar-refractivity contribution < 1.29 is 0 Å². The van der Waals surface area contributed by atoms with Gasteiger partial charge in [-0.2, -0.15) is 0 Å². The molecule has 1 aromatic carbocycles. The van der Waals surface area contributed by atoms with E-state index in [9.17, 15) is 0 Å². The lowest BCUT2D eigenvalue weighted by molar-refractivity contribution is 0.205. The Hall–Kier alpha value is -0.930. The number of hydrogen-bond acceptors (Lipinski definition) is 3. The highest BCUT2D eigenvalue weighted by molar-refractivity contribution is 7.18. The average molecular weight is 305 g/mol. The van der Waals surface area contributed by atoms with Crippen LogP contribution in [-0.2, 0) is 6.42 Å². The van der Waals surface area contributed by atoms with Gasteiger partial charge in [-0.15, -0.1) is 11.3 Å². The topological polar surface area (TPSA) is 24.9 Å². The molecule has 0 bridgehead atoms. The lowest BCUT2D eigenvalue weighted by Crippen LogP contribution is -2.39. The Morgan fingerprint density at radius 2 is 1.90 bits per heavy atom. The number of para-hydroxylation sites is 1. The van der Waals surface area contributed by atoms with Crippen LogP contribution in [0, 0.1) is 17.3 Å². The molecule has 2 aromatic rings. The van der Waals surface area contributed by atoms with E-state index in [4.69, 9.17) is 4.98 Å². The summed E-state index contributed by atoms with van der Waals surface area (Å²) in [4.78, 5) is 4.81. The van der Waals surface area contributed by atoms with E-state index in [1.54, 1.807) is 0 Å². The normalized spacial score (nSPS) is 15.0. The minimum atomic E-state index is 0.253. The van der Waals surface area contributed by atoms with Crippen molar-refractivity contribution in [3.8, 4) is 0 Å². The number of fused-ring (bicyclic) bond motifs is 1. The van der Waals surface area contributed by atoms with E-state index in [2.05, 4.69) is 64.2 Å². The fourth-order valence-corrected chi connectivity index (χ4v) is 3.62. The fourth-order valence-electron chi connectivity index (χ4n) is 2.46. The molecule has 0 aliphatic carbocycles. The van der Waals surface area contributed by atoms with Crippen molar-refractivity contribution in [2.24, 2.45) is 17.3 Å². The van der Waals surface area contributed by atoms with E-state index in [1.807, 2.05) is 11.3 Å². The molecule has 0 saturated heterocycles. The molecule has 1 N–H and O–H groups in total. The summed E-state index contributed by atoms with van der Waals surface area (Å²) in [5, 5.41) is 4.90. The minimum Gasteiger partial charge on any atom is -0.316 e. The molecule has 1 aromatic heterocycles. The van der Waals surface area contributed by atoms with Gasteiger partial charge in [0.1, 0.15) is 0 Å². The summed E-state index contributed by atoms with van der Waals surface area (Å²) in [5.74, 6) is 1.33. The van der Waals surface area contributed by atoms with E-state index < -0.39 is 0 Å². The van der Waals surface area contributed by atoms with Gasteiger partial charge in [-0.3, -0.25) is 0 Å². The van der Waals surface area contributed by atoms with Crippen molar-refractivity contribution in [3.63, 3.8) is 0 Å². The van der Waals surface area contributed by atoms with Gasteiger partial charge in [0.25, 0.3) is 0 Å². The van der Waals surface area contributed by atoms with Crippen LogP contribution in [0.3, 0.4) is 0 Å². The van der Waals surface area contributed by atoms with Crippen LogP contribution in [0.15, 0.2) is 24.3 Å². The average Bonchev–Trinajstić information content (AvgIpc) is 2.79. The maximum absolute atomic E-state index is 4.81. The van der Waals surface area contributed by atoms with E-state index in [0.717, 1.165) is 25.0 Å². The highest BCUT2D eigenvalue weighted by Crippen LogP contribution is 2.33. The molecule has 3 heteroatoms. The van der Waals surface area contributed by atoms with Crippen LogP contribution in [0.5, 0.6) is 0 Å². The largest absolute Gasteiger partial charge is 0.316 e. The van der Waals surface area contributed by atoms with Gasteiger partial charge in [-0.05, 0) is 35.9 Å². The summed E-state index contributed by atoms with van der Waals surface area (Å²) in [6.07, 6.45) is 1.05. The summed E-state index contributed by atoms with van der Waals surface area (Å²) >= 11 is 1.84. The first-order valence-electron chi connectivity index (χ1n) is 7.96. The van der Waals surface area contributed by atoms with Gasteiger partial charge in [-0.1, -0.05) is 46.8 Å². The fraction of sp³-hybridized carbons (Fsp3) is 0.611. The van der Waals surface area contributed by atoms with Crippen molar-refractivity contribution in [3.05, 3.63) is 29.3 Å². The lowest BCUT2D eigenvalue weighted by atomic mass is 9.76. The number of rotatable bonds is 7. The third kappa shape index (κ3) is 4.27. The van der Waals surface area contributed by atoms with Gasteiger partial charge in [-0.25, -0.2) is 4.98 Å². The van der Waals surface area contributed by atoms with E-state index in [1.165, 1.54) is 9.71 Å². The smallest absolute Gasteiger partial charge is 0.0944 e. The SMILES string of the molecule is CC(C)CNCC(C)(Cc1nc2ccccc2s1)C(C)C. The Morgan fingerprint density at radius 1 is 1.19 bits per heavy atom. The summed E-state index contributed by atoms with van der Waals surface area (Å²) < 4.78 is 1.30. The number of thiazole rings is 1. The van der Waals surface area contributed by atoms with Crippen LogP contribution in [0.4, 0.5) is 0 Å².